The summed E-state index contributed by atoms with van der Waals surface area (Å²) in [6.07, 6.45) is 3.01. The molecule has 0 aliphatic carbocycles. The van der Waals surface area contributed by atoms with Gasteiger partial charge in [0.15, 0.2) is 0 Å². The van der Waals surface area contributed by atoms with Crippen molar-refractivity contribution in [2.75, 3.05) is 48.1 Å². The average molecular weight is 798 g/mol. The third-order valence-corrected chi connectivity index (χ3v) is 11.4. The zero-order valence-electron chi connectivity index (χ0n) is 33.5. The Balaban J connectivity index is 1.05. The van der Waals surface area contributed by atoms with Crippen LogP contribution in [0.15, 0.2) is 54.7 Å². The first-order valence-corrected chi connectivity index (χ1v) is 19.5. The normalized spacial score (nSPS) is 19.1. The highest BCUT2D eigenvalue weighted by Gasteiger charge is 2.41. The van der Waals surface area contributed by atoms with E-state index in [0.29, 0.717) is 32.1 Å². The largest absolute Gasteiger partial charge is 0.453 e. The number of hydrogen-bond donors (Lipinski definition) is 4. The Hall–Kier alpha value is -5.71. The van der Waals surface area contributed by atoms with Gasteiger partial charge in [0.25, 0.3) is 0 Å². The zero-order valence-corrected chi connectivity index (χ0v) is 33.5. The number of imidazole rings is 1. The number of likely N-dealkylation sites (tertiary alicyclic amines) is 2. The van der Waals surface area contributed by atoms with Gasteiger partial charge in [-0.25, -0.2) is 14.6 Å². The summed E-state index contributed by atoms with van der Waals surface area (Å²) < 4.78 is 26.1. The molecule has 7 rings (SSSR count). The van der Waals surface area contributed by atoms with E-state index in [1.54, 1.807) is 18.0 Å². The number of carbonyl (C=O) groups is 4. The molecule has 5 atom stereocenters. The third kappa shape index (κ3) is 8.17. The van der Waals surface area contributed by atoms with Gasteiger partial charge >= 0.3 is 12.2 Å². The van der Waals surface area contributed by atoms with Crippen molar-refractivity contribution in [3.05, 3.63) is 77.4 Å². The number of carbonyl (C=O) groups excluding carboxylic acids is 4. The van der Waals surface area contributed by atoms with Gasteiger partial charge in [0.1, 0.15) is 17.9 Å². The molecule has 2 fully saturated rings. The van der Waals surface area contributed by atoms with Gasteiger partial charge in [-0.15, -0.1) is 0 Å². The van der Waals surface area contributed by atoms with Crippen molar-refractivity contribution in [3.8, 4) is 33.6 Å². The average Bonchev–Trinajstić information content (AvgIpc) is 4.11. The van der Waals surface area contributed by atoms with Crippen LogP contribution in [0.4, 0.5) is 9.59 Å². The van der Waals surface area contributed by atoms with Crippen LogP contribution in [0.2, 0.25) is 0 Å². The van der Waals surface area contributed by atoms with Crippen molar-refractivity contribution in [2.24, 2.45) is 0 Å². The lowest BCUT2D eigenvalue weighted by Gasteiger charge is -2.31. The number of nitrogens with one attached hydrogen (secondary N) is 4. The van der Waals surface area contributed by atoms with Crippen molar-refractivity contribution < 1.29 is 42.9 Å². The van der Waals surface area contributed by atoms with E-state index in [1.165, 1.54) is 28.4 Å². The Bertz CT molecular complexity index is 2100. The second kappa shape index (κ2) is 17.8. The summed E-state index contributed by atoms with van der Waals surface area (Å²) in [4.78, 5) is 66.7. The fourth-order valence-corrected chi connectivity index (χ4v) is 8.30. The lowest BCUT2D eigenvalue weighted by Crippen LogP contribution is -2.54. The molecule has 4 aromatic rings. The fraction of sp³-hybridized carbons (Fsp3) is 0.452. The van der Waals surface area contributed by atoms with Crippen LogP contribution in [0, 0.1) is 0 Å². The zero-order chi connectivity index (χ0) is 40.9. The molecule has 3 aliphatic rings. The van der Waals surface area contributed by atoms with Crippen molar-refractivity contribution in [2.45, 2.75) is 76.1 Å². The Morgan fingerprint density at radius 1 is 0.776 bits per heavy atom. The molecule has 2 saturated heterocycles. The molecule has 2 aromatic heterocycles. The number of nitrogens with zero attached hydrogens (tertiary/aromatic N) is 3. The first kappa shape index (κ1) is 40.5. The Morgan fingerprint density at radius 2 is 1.36 bits per heavy atom. The van der Waals surface area contributed by atoms with E-state index in [1.807, 2.05) is 17.0 Å². The summed E-state index contributed by atoms with van der Waals surface area (Å²) >= 11 is 0. The molecule has 58 heavy (non-hydrogen) atoms. The lowest BCUT2D eigenvalue weighted by atomic mass is 9.99. The van der Waals surface area contributed by atoms with E-state index in [9.17, 15) is 19.2 Å². The van der Waals surface area contributed by atoms with Gasteiger partial charge in [-0.2, -0.15) is 0 Å². The molecule has 308 valence electrons. The molecule has 16 heteroatoms. The maximum atomic E-state index is 13.9. The summed E-state index contributed by atoms with van der Waals surface area (Å²) in [5.74, 6) is 0.221. The Morgan fingerprint density at radius 3 is 2.00 bits per heavy atom. The summed E-state index contributed by atoms with van der Waals surface area (Å²) in [5, 5.41) is 5.24. The number of rotatable bonds is 13. The quantitative estimate of drug-likeness (QED) is 0.140. The van der Waals surface area contributed by atoms with Gasteiger partial charge in [-0.1, -0.05) is 48.5 Å². The predicted molar refractivity (Wildman–Crippen MR) is 212 cm³/mol. The molecule has 4 amide bonds. The summed E-state index contributed by atoms with van der Waals surface area (Å²) in [6, 6.07) is 14.4. The van der Waals surface area contributed by atoms with Gasteiger partial charge in [0, 0.05) is 44.1 Å². The van der Waals surface area contributed by atoms with Crippen molar-refractivity contribution in [1.29, 1.82) is 0 Å². The number of hydrogen-bond acceptors (Lipinski definition) is 10. The number of ether oxygens (including phenoxy) is 5. The van der Waals surface area contributed by atoms with E-state index in [2.05, 4.69) is 62.0 Å². The van der Waals surface area contributed by atoms with Crippen LogP contribution in [0.25, 0.3) is 33.6 Å². The number of alkyl carbamates (subject to hydrolysis) is 2. The SMILES string of the molecule is COC[C@H](NC(=O)OC)C(=O)N1CCC[C@H]1c1ncc(-c2ccc(-c3ccc(-c4[nH]c([C@@H]5CCCN5C(=O)[C@@H](NC(=O)OC)C(C)OC)c5c4COC5)cc3)cc2)[nH]1. The highest BCUT2D eigenvalue weighted by atomic mass is 16.5. The Kier molecular flexibility index (Phi) is 12.4. The molecular weight excluding hydrogens is 747 g/mol. The molecule has 0 spiro atoms. The van der Waals surface area contributed by atoms with Gasteiger partial charge in [0.05, 0.1) is 69.8 Å². The van der Waals surface area contributed by atoms with Crippen molar-refractivity contribution in [1.82, 2.24) is 35.4 Å². The minimum atomic E-state index is -0.894. The molecule has 4 N–H and O–H groups in total. The topological polar surface area (TPSA) is 189 Å². The molecule has 5 heterocycles. The number of fused-ring (bicyclic) bond motifs is 1. The van der Waals surface area contributed by atoms with Crippen LogP contribution in [0.3, 0.4) is 0 Å². The second-order valence-corrected chi connectivity index (χ2v) is 14.8. The number of methoxy groups -OCH3 is 4. The van der Waals surface area contributed by atoms with E-state index in [-0.39, 0.29) is 30.5 Å². The monoisotopic (exact) mass is 797 g/mol. The smallest absolute Gasteiger partial charge is 0.407 e. The molecule has 16 nitrogen and oxygen atoms in total. The van der Waals surface area contributed by atoms with E-state index < -0.39 is 30.4 Å². The van der Waals surface area contributed by atoms with E-state index in [4.69, 9.17) is 23.7 Å². The molecule has 0 bridgehead atoms. The van der Waals surface area contributed by atoms with Crippen LogP contribution in [0.1, 0.15) is 67.3 Å². The first-order chi connectivity index (χ1) is 28.1. The summed E-state index contributed by atoms with van der Waals surface area (Å²) in [7, 11) is 5.51. The van der Waals surface area contributed by atoms with E-state index >= 15 is 0 Å². The van der Waals surface area contributed by atoms with Crippen LogP contribution in [-0.2, 0) is 46.5 Å². The Labute approximate surface area is 336 Å². The van der Waals surface area contributed by atoms with Gasteiger partial charge < -0.3 is 54.1 Å². The molecular formula is C42H51N7O9. The number of amides is 4. The van der Waals surface area contributed by atoms with Gasteiger partial charge in [-0.3, -0.25) is 9.59 Å². The molecule has 2 aromatic carbocycles. The minimum absolute atomic E-state index is 0.0256. The third-order valence-electron chi connectivity index (χ3n) is 11.4. The molecule has 0 radical (unpaired) electrons. The number of aromatic amines is 2. The molecule has 3 aliphatic heterocycles. The standard InChI is InChI=1S/C42H51N7O9/c1-24(55-3)35(47-42(53)57-5)40(51)48-18-6-8-33(48)37-30-22-58-21-29(30)36(46-37)28-16-12-26(13-17-28)25-10-14-27(15-11-25)31-20-43-38(44-31)34-9-7-19-49(34)39(50)32(23-54-2)45-41(52)56-4/h10-17,20,24,32-35,46H,6-9,18-19,21-23H2,1-5H3,(H,43,44)(H,45,52)(H,47,53)/t24?,32-,33-,34-,35-/m0/s1. The molecule has 1 unspecified atom stereocenters. The first-order valence-electron chi connectivity index (χ1n) is 19.5. The number of benzene rings is 2. The highest BCUT2D eigenvalue weighted by molar-refractivity contribution is 5.87. The number of H-pyrrole nitrogens is 2. The van der Waals surface area contributed by atoms with E-state index in [0.717, 1.165) is 76.1 Å². The predicted octanol–water partition coefficient (Wildman–Crippen LogP) is 5.23. The maximum Gasteiger partial charge on any atom is 0.407 e. The lowest BCUT2D eigenvalue weighted by molar-refractivity contribution is -0.137. The van der Waals surface area contributed by atoms with Crippen LogP contribution in [-0.4, -0.2) is 115 Å². The summed E-state index contributed by atoms with van der Waals surface area (Å²) in [6.45, 7) is 3.82. The van der Waals surface area contributed by atoms with Crippen molar-refractivity contribution in [3.63, 3.8) is 0 Å². The van der Waals surface area contributed by atoms with Crippen LogP contribution in [0.5, 0.6) is 0 Å². The van der Waals surface area contributed by atoms with Crippen molar-refractivity contribution >= 4 is 24.0 Å². The van der Waals surface area contributed by atoms with Gasteiger partial charge in [-0.05, 0) is 54.9 Å². The second-order valence-electron chi connectivity index (χ2n) is 14.8. The van der Waals surface area contributed by atoms with Crippen LogP contribution < -0.4 is 10.6 Å². The minimum Gasteiger partial charge on any atom is -0.453 e. The fourth-order valence-electron chi connectivity index (χ4n) is 8.30. The highest BCUT2D eigenvalue weighted by Crippen LogP contribution is 2.42. The van der Waals surface area contributed by atoms with Gasteiger partial charge in [0.2, 0.25) is 11.8 Å². The number of aromatic nitrogens is 3. The maximum absolute atomic E-state index is 13.9. The summed E-state index contributed by atoms with van der Waals surface area (Å²) in [5.41, 5.74) is 9.02. The molecule has 0 saturated carbocycles. The van der Waals surface area contributed by atoms with Crippen LogP contribution >= 0.6 is 0 Å².